The van der Waals surface area contributed by atoms with Gasteiger partial charge in [-0.25, -0.2) is 9.97 Å². The molecule has 1 N–H and O–H groups in total. The van der Waals surface area contributed by atoms with Gasteiger partial charge in [-0.15, -0.1) is 0 Å². The van der Waals surface area contributed by atoms with Crippen molar-refractivity contribution in [1.29, 1.82) is 0 Å². The summed E-state index contributed by atoms with van der Waals surface area (Å²) < 4.78 is 6.28. The third kappa shape index (κ3) is 2.44. The van der Waals surface area contributed by atoms with Crippen molar-refractivity contribution in [2.45, 2.75) is 0 Å². The largest absolute Gasteiger partial charge is 0.460 e. The smallest absolute Gasteiger partial charge is 0.199 e. The lowest BCUT2D eigenvalue weighted by atomic mass is 10.1. The van der Waals surface area contributed by atoms with Gasteiger partial charge in [0.25, 0.3) is 0 Å². The number of hydrogen-bond donors (Lipinski definition) is 1. The fraction of sp³-hybridized carbons (Fsp3) is 0.0667. The maximum Gasteiger partial charge on any atom is 0.199 e. The van der Waals surface area contributed by atoms with E-state index in [0.717, 1.165) is 21.5 Å². The Balaban J connectivity index is 2.15. The molecule has 0 aliphatic carbocycles. The first-order valence-corrected chi connectivity index (χ1v) is 6.93. The molecule has 20 heavy (non-hydrogen) atoms. The van der Waals surface area contributed by atoms with Crippen LogP contribution in [0.25, 0.3) is 22.8 Å². The monoisotopic (exact) mass is 329 g/mol. The number of rotatable bonds is 3. The average Bonchev–Trinajstić information content (AvgIpc) is 2.94. The highest BCUT2D eigenvalue weighted by Crippen LogP contribution is 2.29. The van der Waals surface area contributed by atoms with E-state index in [1.54, 1.807) is 6.26 Å². The molecule has 0 atom stereocenters. The topological polar surface area (TPSA) is 51.0 Å². The lowest BCUT2D eigenvalue weighted by Crippen LogP contribution is -1.98. The van der Waals surface area contributed by atoms with Gasteiger partial charge in [0, 0.05) is 18.7 Å². The van der Waals surface area contributed by atoms with Crippen molar-refractivity contribution in [2.24, 2.45) is 0 Å². The van der Waals surface area contributed by atoms with Crippen LogP contribution in [0.3, 0.4) is 0 Å². The normalized spacial score (nSPS) is 10.5. The van der Waals surface area contributed by atoms with Gasteiger partial charge >= 0.3 is 0 Å². The third-order valence-electron chi connectivity index (χ3n) is 2.87. The summed E-state index contributed by atoms with van der Waals surface area (Å²) in [6.07, 6.45) is 1.61. The van der Waals surface area contributed by atoms with Crippen LogP contribution in [0.2, 0.25) is 0 Å². The molecule has 3 aromatic rings. The van der Waals surface area contributed by atoms with Crippen molar-refractivity contribution in [1.82, 2.24) is 9.97 Å². The Morgan fingerprint density at radius 3 is 2.55 bits per heavy atom. The summed E-state index contributed by atoms with van der Waals surface area (Å²) in [6.45, 7) is 0. The Kier molecular flexibility index (Phi) is 3.52. The first kappa shape index (κ1) is 12.9. The molecule has 4 nitrogen and oxygen atoms in total. The quantitative estimate of drug-likeness (QED) is 0.782. The standard InChI is InChI=1S/C15H12BrN3O/c1-17-13-9-12(10-5-3-2-4-6-10)18-15(19-13)14-11(16)7-8-20-14/h2-9H,1H3,(H,17,18,19). The molecule has 0 amide bonds. The van der Waals surface area contributed by atoms with Crippen LogP contribution in [-0.2, 0) is 0 Å². The minimum absolute atomic E-state index is 0.549. The van der Waals surface area contributed by atoms with Crippen LogP contribution < -0.4 is 5.32 Å². The highest BCUT2D eigenvalue weighted by atomic mass is 79.9. The number of furan rings is 1. The molecule has 3 rings (SSSR count). The molecular weight excluding hydrogens is 318 g/mol. The van der Waals surface area contributed by atoms with Crippen molar-refractivity contribution in [3.05, 3.63) is 53.2 Å². The van der Waals surface area contributed by atoms with Crippen LogP contribution in [0.4, 0.5) is 5.82 Å². The molecule has 0 aliphatic rings. The number of aromatic nitrogens is 2. The molecule has 0 saturated carbocycles. The van der Waals surface area contributed by atoms with E-state index in [4.69, 9.17) is 4.42 Å². The van der Waals surface area contributed by atoms with Gasteiger partial charge in [-0.2, -0.15) is 0 Å². The van der Waals surface area contributed by atoms with E-state index in [1.165, 1.54) is 0 Å². The van der Waals surface area contributed by atoms with Gasteiger partial charge in [0.15, 0.2) is 11.6 Å². The van der Waals surface area contributed by atoms with Crippen molar-refractivity contribution >= 4 is 21.7 Å². The molecule has 0 saturated heterocycles. The molecule has 100 valence electrons. The summed E-state index contributed by atoms with van der Waals surface area (Å²) in [5.74, 6) is 1.92. The van der Waals surface area contributed by atoms with E-state index in [9.17, 15) is 0 Å². The first-order valence-electron chi connectivity index (χ1n) is 6.13. The van der Waals surface area contributed by atoms with Crippen molar-refractivity contribution in [3.8, 4) is 22.8 Å². The van der Waals surface area contributed by atoms with E-state index < -0.39 is 0 Å². The summed E-state index contributed by atoms with van der Waals surface area (Å²) in [5, 5.41) is 3.05. The average molecular weight is 330 g/mol. The molecule has 0 bridgehead atoms. The third-order valence-corrected chi connectivity index (χ3v) is 3.50. The van der Waals surface area contributed by atoms with Crippen molar-refractivity contribution in [2.75, 3.05) is 12.4 Å². The predicted octanol–water partition coefficient (Wildman–Crippen LogP) is 4.21. The molecule has 0 spiro atoms. The second-order valence-corrected chi connectivity index (χ2v) is 5.03. The fourth-order valence-electron chi connectivity index (χ4n) is 1.89. The summed E-state index contributed by atoms with van der Waals surface area (Å²) >= 11 is 3.44. The van der Waals surface area contributed by atoms with Crippen LogP contribution in [0.5, 0.6) is 0 Å². The number of nitrogens with one attached hydrogen (secondary N) is 1. The first-order chi connectivity index (χ1) is 9.78. The Labute approximate surface area is 125 Å². The number of halogens is 1. The zero-order valence-electron chi connectivity index (χ0n) is 10.8. The lowest BCUT2D eigenvalue weighted by Gasteiger charge is -2.07. The molecule has 0 unspecified atom stereocenters. The van der Waals surface area contributed by atoms with Gasteiger partial charge in [0.05, 0.1) is 16.4 Å². The molecular formula is C15H12BrN3O. The van der Waals surface area contributed by atoms with Gasteiger partial charge in [-0.05, 0) is 22.0 Å². The Morgan fingerprint density at radius 2 is 1.90 bits per heavy atom. The fourth-order valence-corrected chi connectivity index (χ4v) is 2.27. The SMILES string of the molecule is CNc1cc(-c2ccccc2)nc(-c2occc2Br)n1. The summed E-state index contributed by atoms with van der Waals surface area (Å²) in [5.41, 5.74) is 1.89. The van der Waals surface area contributed by atoms with Crippen LogP contribution in [0, 0.1) is 0 Å². The van der Waals surface area contributed by atoms with Gasteiger partial charge in [-0.1, -0.05) is 30.3 Å². The highest BCUT2D eigenvalue weighted by Gasteiger charge is 2.13. The molecule has 1 aromatic carbocycles. The molecule has 5 heteroatoms. The van der Waals surface area contributed by atoms with Crippen molar-refractivity contribution in [3.63, 3.8) is 0 Å². The van der Waals surface area contributed by atoms with Gasteiger partial charge in [-0.3, -0.25) is 0 Å². The molecule has 2 heterocycles. The van der Waals surface area contributed by atoms with Crippen LogP contribution in [0.1, 0.15) is 0 Å². The van der Waals surface area contributed by atoms with E-state index in [-0.39, 0.29) is 0 Å². The van der Waals surface area contributed by atoms with Crippen molar-refractivity contribution < 1.29 is 4.42 Å². The summed E-state index contributed by atoms with van der Waals surface area (Å²) in [4.78, 5) is 9.01. The zero-order chi connectivity index (χ0) is 13.9. The van der Waals surface area contributed by atoms with Crippen LogP contribution >= 0.6 is 15.9 Å². The second-order valence-electron chi connectivity index (χ2n) is 4.18. The van der Waals surface area contributed by atoms with Crippen LogP contribution in [-0.4, -0.2) is 17.0 Å². The minimum atomic E-state index is 0.549. The van der Waals surface area contributed by atoms with Gasteiger partial charge < -0.3 is 9.73 Å². The molecule has 2 aromatic heterocycles. The van der Waals surface area contributed by atoms with E-state index in [0.29, 0.717) is 11.6 Å². The number of hydrogen-bond acceptors (Lipinski definition) is 4. The Morgan fingerprint density at radius 1 is 1.10 bits per heavy atom. The maximum atomic E-state index is 5.44. The lowest BCUT2D eigenvalue weighted by molar-refractivity contribution is 0.576. The predicted molar refractivity (Wildman–Crippen MR) is 82.4 cm³/mol. The van der Waals surface area contributed by atoms with Crippen LogP contribution in [0.15, 0.2) is 57.6 Å². The minimum Gasteiger partial charge on any atom is -0.460 e. The maximum absolute atomic E-state index is 5.44. The molecule has 0 aliphatic heterocycles. The molecule has 0 radical (unpaired) electrons. The van der Waals surface area contributed by atoms with E-state index >= 15 is 0 Å². The number of nitrogens with zero attached hydrogens (tertiary/aromatic N) is 2. The Bertz CT molecular complexity index is 725. The van der Waals surface area contributed by atoms with E-state index in [1.807, 2.05) is 49.5 Å². The highest BCUT2D eigenvalue weighted by molar-refractivity contribution is 9.10. The Hall–Kier alpha value is -2.14. The second kappa shape index (κ2) is 5.46. The van der Waals surface area contributed by atoms with Gasteiger partial charge in [0.2, 0.25) is 0 Å². The zero-order valence-corrected chi connectivity index (χ0v) is 12.4. The summed E-state index contributed by atoms with van der Waals surface area (Å²) in [7, 11) is 1.83. The number of anilines is 1. The number of benzene rings is 1. The van der Waals surface area contributed by atoms with Gasteiger partial charge in [0.1, 0.15) is 5.82 Å². The van der Waals surface area contributed by atoms with E-state index in [2.05, 4.69) is 31.2 Å². The summed E-state index contributed by atoms with van der Waals surface area (Å²) in [6, 6.07) is 13.7. The molecule has 0 fully saturated rings.